The summed E-state index contributed by atoms with van der Waals surface area (Å²) in [5.74, 6) is 0.908. The Morgan fingerprint density at radius 3 is 2.46 bits per heavy atom. The standard InChI is InChI=1S/C20H25N3O3/c1-13-9-14(2)12-22(11-13)20(25)19-17(26-4)10-18(24)23(21-19)16-8-6-5-7-15(16)3/h5-8,10,13-14H,9,11-12H2,1-4H3. The van der Waals surface area contributed by atoms with Gasteiger partial charge in [-0.1, -0.05) is 32.0 Å². The smallest absolute Gasteiger partial charge is 0.278 e. The molecule has 2 aromatic rings. The van der Waals surface area contributed by atoms with Gasteiger partial charge >= 0.3 is 0 Å². The number of aromatic nitrogens is 2. The summed E-state index contributed by atoms with van der Waals surface area (Å²) in [6, 6.07) is 8.80. The number of aryl methyl sites for hydroxylation is 1. The fourth-order valence-corrected chi connectivity index (χ4v) is 3.70. The van der Waals surface area contributed by atoms with Crippen LogP contribution in [0.1, 0.15) is 36.3 Å². The topological polar surface area (TPSA) is 64.4 Å². The third-order valence-corrected chi connectivity index (χ3v) is 4.82. The molecule has 6 heteroatoms. The minimum atomic E-state index is -0.326. The molecule has 0 aliphatic carbocycles. The first kappa shape index (κ1) is 18.2. The van der Waals surface area contributed by atoms with Crippen molar-refractivity contribution in [3.8, 4) is 11.4 Å². The lowest BCUT2D eigenvalue weighted by Crippen LogP contribution is -2.43. The van der Waals surface area contributed by atoms with Crippen molar-refractivity contribution in [2.75, 3.05) is 20.2 Å². The first-order chi connectivity index (χ1) is 12.4. The number of likely N-dealkylation sites (tertiary alicyclic amines) is 1. The monoisotopic (exact) mass is 355 g/mol. The lowest BCUT2D eigenvalue weighted by molar-refractivity contribution is 0.0611. The van der Waals surface area contributed by atoms with Gasteiger partial charge in [-0.05, 0) is 36.8 Å². The van der Waals surface area contributed by atoms with Crippen LogP contribution in [0, 0.1) is 18.8 Å². The number of para-hydroxylation sites is 1. The SMILES string of the molecule is COc1cc(=O)n(-c2ccccc2C)nc1C(=O)N1CC(C)CC(C)C1. The van der Waals surface area contributed by atoms with Crippen LogP contribution in [-0.2, 0) is 0 Å². The highest BCUT2D eigenvalue weighted by Crippen LogP contribution is 2.24. The zero-order valence-corrected chi connectivity index (χ0v) is 15.7. The molecule has 26 heavy (non-hydrogen) atoms. The summed E-state index contributed by atoms with van der Waals surface area (Å²) >= 11 is 0. The van der Waals surface area contributed by atoms with E-state index in [2.05, 4.69) is 18.9 Å². The van der Waals surface area contributed by atoms with Crippen molar-refractivity contribution in [2.24, 2.45) is 11.8 Å². The van der Waals surface area contributed by atoms with Crippen LogP contribution in [0.25, 0.3) is 5.69 Å². The number of methoxy groups -OCH3 is 1. The van der Waals surface area contributed by atoms with Crippen molar-refractivity contribution < 1.29 is 9.53 Å². The van der Waals surface area contributed by atoms with Crippen LogP contribution in [0.5, 0.6) is 5.75 Å². The number of nitrogens with zero attached hydrogens (tertiary/aromatic N) is 3. The summed E-state index contributed by atoms with van der Waals surface area (Å²) < 4.78 is 6.57. The molecule has 2 atom stereocenters. The Bertz CT molecular complexity index is 865. The quantitative estimate of drug-likeness (QED) is 0.849. The minimum Gasteiger partial charge on any atom is -0.494 e. The number of rotatable bonds is 3. The van der Waals surface area contributed by atoms with E-state index in [4.69, 9.17) is 4.74 Å². The fraction of sp³-hybridized carbons (Fsp3) is 0.450. The molecule has 6 nitrogen and oxygen atoms in total. The Morgan fingerprint density at radius 1 is 1.19 bits per heavy atom. The molecular weight excluding hydrogens is 330 g/mol. The average molecular weight is 355 g/mol. The molecule has 1 aromatic heterocycles. The van der Waals surface area contributed by atoms with Crippen molar-refractivity contribution >= 4 is 5.91 Å². The molecule has 138 valence electrons. The highest BCUT2D eigenvalue weighted by molar-refractivity contribution is 5.94. The third kappa shape index (κ3) is 3.49. The Labute approximate surface area is 153 Å². The molecule has 0 spiro atoms. The number of piperidine rings is 1. The maximum atomic E-state index is 13.1. The molecule has 3 rings (SSSR count). The van der Waals surface area contributed by atoms with Crippen LogP contribution in [0.15, 0.2) is 35.1 Å². The summed E-state index contributed by atoms with van der Waals surface area (Å²) in [5.41, 5.74) is 1.42. The van der Waals surface area contributed by atoms with Gasteiger partial charge in [-0.2, -0.15) is 9.78 Å². The van der Waals surface area contributed by atoms with Gasteiger partial charge in [-0.15, -0.1) is 0 Å². The molecule has 1 aliphatic heterocycles. The Hall–Kier alpha value is -2.63. The largest absolute Gasteiger partial charge is 0.494 e. The normalized spacial score (nSPS) is 20.1. The van der Waals surface area contributed by atoms with Crippen LogP contribution in [0.2, 0.25) is 0 Å². The Kier molecular flexibility index (Phi) is 5.11. The second kappa shape index (κ2) is 7.32. The van der Waals surface area contributed by atoms with Gasteiger partial charge in [0.25, 0.3) is 11.5 Å². The van der Waals surface area contributed by atoms with Crippen molar-refractivity contribution in [2.45, 2.75) is 27.2 Å². The van der Waals surface area contributed by atoms with Crippen LogP contribution >= 0.6 is 0 Å². The van der Waals surface area contributed by atoms with Crippen molar-refractivity contribution in [1.29, 1.82) is 0 Å². The van der Waals surface area contributed by atoms with Crippen LogP contribution in [0.4, 0.5) is 0 Å². The summed E-state index contributed by atoms with van der Waals surface area (Å²) in [6.07, 6.45) is 1.11. The first-order valence-corrected chi connectivity index (χ1v) is 8.94. The van der Waals surface area contributed by atoms with Gasteiger partial charge in [0.05, 0.1) is 18.9 Å². The number of amides is 1. The van der Waals surface area contributed by atoms with E-state index in [-0.39, 0.29) is 22.9 Å². The van der Waals surface area contributed by atoms with E-state index < -0.39 is 0 Å². The molecule has 0 radical (unpaired) electrons. The number of benzene rings is 1. The molecule has 1 aromatic carbocycles. The zero-order chi connectivity index (χ0) is 18.8. The molecule has 2 heterocycles. The van der Waals surface area contributed by atoms with Gasteiger partial charge < -0.3 is 9.64 Å². The predicted octanol–water partition coefficient (Wildman–Crippen LogP) is 2.67. The lowest BCUT2D eigenvalue weighted by Gasteiger charge is -2.34. The van der Waals surface area contributed by atoms with E-state index in [0.29, 0.717) is 30.6 Å². The average Bonchev–Trinajstić information content (AvgIpc) is 2.60. The van der Waals surface area contributed by atoms with Gasteiger partial charge in [0.15, 0.2) is 11.4 Å². The van der Waals surface area contributed by atoms with Crippen LogP contribution < -0.4 is 10.3 Å². The number of hydrogen-bond acceptors (Lipinski definition) is 4. The van der Waals surface area contributed by atoms with E-state index in [1.54, 1.807) is 0 Å². The Morgan fingerprint density at radius 2 is 1.85 bits per heavy atom. The van der Waals surface area contributed by atoms with Crippen molar-refractivity contribution in [3.63, 3.8) is 0 Å². The molecule has 0 bridgehead atoms. The number of ether oxygens (including phenoxy) is 1. The summed E-state index contributed by atoms with van der Waals surface area (Å²) in [4.78, 5) is 27.4. The molecule has 1 fully saturated rings. The molecule has 2 unspecified atom stereocenters. The van der Waals surface area contributed by atoms with E-state index in [9.17, 15) is 9.59 Å². The van der Waals surface area contributed by atoms with Gasteiger partial charge in [0.2, 0.25) is 0 Å². The summed E-state index contributed by atoms with van der Waals surface area (Å²) in [7, 11) is 1.45. The number of carbonyl (C=O) groups excluding carboxylic acids is 1. The zero-order valence-electron chi connectivity index (χ0n) is 15.7. The van der Waals surface area contributed by atoms with Gasteiger partial charge in [0, 0.05) is 13.1 Å². The van der Waals surface area contributed by atoms with E-state index in [0.717, 1.165) is 12.0 Å². The number of carbonyl (C=O) groups is 1. The molecule has 1 amide bonds. The summed E-state index contributed by atoms with van der Waals surface area (Å²) in [6.45, 7) is 7.59. The van der Waals surface area contributed by atoms with Gasteiger partial charge in [-0.25, -0.2) is 0 Å². The van der Waals surface area contributed by atoms with Crippen molar-refractivity contribution in [3.05, 3.63) is 51.9 Å². The van der Waals surface area contributed by atoms with E-state index >= 15 is 0 Å². The first-order valence-electron chi connectivity index (χ1n) is 8.94. The fourth-order valence-electron chi connectivity index (χ4n) is 3.70. The Balaban J connectivity index is 2.06. The second-order valence-electron chi connectivity index (χ2n) is 7.25. The number of hydrogen-bond donors (Lipinski definition) is 0. The molecular formula is C20H25N3O3. The molecule has 0 N–H and O–H groups in total. The molecule has 1 saturated heterocycles. The van der Waals surface area contributed by atoms with Gasteiger partial charge in [-0.3, -0.25) is 9.59 Å². The highest BCUT2D eigenvalue weighted by atomic mass is 16.5. The highest BCUT2D eigenvalue weighted by Gasteiger charge is 2.29. The minimum absolute atomic E-state index is 0.177. The van der Waals surface area contributed by atoms with Crippen LogP contribution in [0.3, 0.4) is 0 Å². The van der Waals surface area contributed by atoms with Gasteiger partial charge in [0.1, 0.15) is 0 Å². The van der Waals surface area contributed by atoms with E-state index in [1.807, 2.05) is 36.1 Å². The molecule has 1 aliphatic rings. The maximum Gasteiger partial charge on any atom is 0.278 e. The maximum absolute atomic E-state index is 13.1. The summed E-state index contributed by atoms with van der Waals surface area (Å²) in [5, 5.41) is 4.39. The third-order valence-electron chi connectivity index (χ3n) is 4.82. The van der Waals surface area contributed by atoms with Crippen molar-refractivity contribution in [1.82, 2.24) is 14.7 Å². The van der Waals surface area contributed by atoms with Crippen LogP contribution in [-0.4, -0.2) is 40.8 Å². The predicted molar refractivity (Wildman–Crippen MR) is 100.0 cm³/mol. The second-order valence-corrected chi connectivity index (χ2v) is 7.25. The lowest BCUT2D eigenvalue weighted by atomic mass is 9.92. The molecule has 0 saturated carbocycles. The van der Waals surface area contributed by atoms with E-state index in [1.165, 1.54) is 17.9 Å².